The van der Waals surface area contributed by atoms with Gasteiger partial charge in [0.25, 0.3) is 0 Å². The molecule has 5 nitrogen and oxygen atoms in total. The van der Waals surface area contributed by atoms with E-state index in [1.807, 2.05) is 6.07 Å². The molecule has 1 aliphatic heterocycles. The first-order valence-electron chi connectivity index (χ1n) is 8.88. The summed E-state index contributed by atoms with van der Waals surface area (Å²) in [5.74, 6) is -2.61. The summed E-state index contributed by atoms with van der Waals surface area (Å²) in [6.07, 6.45) is 1.52. The number of likely N-dealkylation sites (tertiary alicyclic amines) is 1. The van der Waals surface area contributed by atoms with Gasteiger partial charge in [-0.15, -0.1) is 0 Å². The predicted octanol–water partition coefficient (Wildman–Crippen LogP) is 4.30. The van der Waals surface area contributed by atoms with Crippen molar-refractivity contribution >= 4 is 39.1 Å². The molecule has 1 saturated heterocycles. The van der Waals surface area contributed by atoms with Crippen molar-refractivity contribution in [3.8, 4) is 0 Å². The Kier molecular flexibility index (Phi) is 6.78. The lowest BCUT2D eigenvalue weighted by Gasteiger charge is -2.25. The van der Waals surface area contributed by atoms with Crippen molar-refractivity contribution in [1.29, 1.82) is 0 Å². The van der Waals surface area contributed by atoms with Gasteiger partial charge in [0.2, 0.25) is 15.9 Å². The van der Waals surface area contributed by atoms with Crippen LogP contribution in [-0.2, 0) is 14.8 Å². The minimum Gasteiger partial charge on any atom is -0.336 e. The number of nitrogens with zero attached hydrogens (tertiary/aromatic N) is 1. The molecule has 156 valence electrons. The van der Waals surface area contributed by atoms with E-state index in [-0.39, 0.29) is 24.9 Å². The van der Waals surface area contributed by atoms with Crippen LogP contribution >= 0.6 is 23.2 Å². The van der Waals surface area contributed by atoms with E-state index in [0.29, 0.717) is 22.7 Å². The first-order valence-corrected chi connectivity index (χ1v) is 11.1. The molecule has 2 aromatic carbocycles. The first-order chi connectivity index (χ1) is 13.7. The van der Waals surface area contributed by atoms with E-state index in [0.717, 1.165) is 30.5 Å². The summed E-state index contributed by atoms with van der Waals surface area (Å²) in [5, 5.41) is 0.834. The molecule has 0 aliphatic carbocycles. The zero-order chi connectivity index (χ0) is 21.2. The van der Waals surface area contributed by atoms with Crippen molar-refractivity contribution in [1.82, 2.24) is 9.62 Å². The molecule has 0 aromatic heterocycles. The molecule has 2 aromatic rings. The fourth-order valence-electron chi connectivity index (χ4n) is 3.29. The lowest BCUT2D eigenvalue weighted by molar-refractivity contribution is -0.131. The molecular weight excluding hydrogens is 445 g/mol. The highest BCUT2D eigenvalue weighted by atomic mass is 35.5. The van der Waals surface area contributed by atoms with Crippen molar-refractivity contribution in [2.45, 2.75) is 30.2 Å². The lowest BCUT2D eigenvalue weighted by atomic mass is 10.0. The van der Waals surface area contributed by atoms with Crippen molar-refractivity contribution in [2.75, 3.05) is 13.1 Å². The number of carbonyl (C=O) groups excluding carboxylic acids is 1. The molecular formula is C19H18Cl2F2N2O3S. The summed E-state index contributed by atoms with van der Waals surface area (Å²) in [6.45, 7) is 0.393. The Morgan fingerprint density at radius 1 is 1.10 bits per heavy atom. The maximum Gasteiger partial charge on any atom is 0.240 e. The molecule has 3 rings (SSSR count). The summed E-state index contributed by atoms with van der Waals surface area (Å²) >= 11 is 12.0. The Morgan fingerprint density at radius 2 is 1.86 bits per heavy atom. The van der Waals surface area contributed by atoms with Crippen molar-refractivity contribution in [3.63, 3.8) is 0 Å². The van der Waals surface area contributed by atoms with Gasteiger partial charge in [-0.25, -0.2) is 21.9 Å². The lowest BCUT2D eigenvalue weighted by Crippen LogP contribution is -2.34. The van der Waals surface area contributed by atoms with Gasteiger partial charge in [-0.2, -0.15) is 0 Å². The van der Waals surface area contributed by atoms with Gasteiger partial charge in [-0.1, -0.05) is 29.3 Å². The number of hydrogen-bond donors (Lipinski definition) is 1. The Balaban J connectivity index is 1.62. The summed E-state index contributed by atoms with van der Waals surface area (Å²) in [5.41, 5.74) is 0.868. The minimum atomic E-state index is -4.05. The van der Waals surface area contributed by atoms with Crippen LogP contribution in [0, 0.1) is 11.6 Å². The first kappa shape index (κ1) is 22.0. The molecule has 0 saturated carbocycles. The third-order valence-corrected chi connectivity index (χ3v) is 6.93. The predicted molar refractivity (Wildman–Crippen MR) is 106 cm³/mol. The Hall–Kier alpha value is -1.74. The van der Waals surface area contributed by atoms with Crippen molar-refractivity contribution in [2.24, 2.45) is 0 Å². The summed E-state index contributed by atoms with van der Waals surface area (Å²) in [6, 6.07) is 7.36. The van der Waals surface area contributed by atoms with E-state index < -0.39 is 26.6 Å². The molecule has 1 heterocycles. The number of hydrogen-bond acceptors (Lipinski definition) is 3. The van der Waals surface area contributed by atoms with Gasteiger partial charge in [-0.3, -0.25) is 4.79 Å². The van der Waals surface area contributed by atoms with Gasteiger partial charge in [0.05, 0.1) is 21.0 Å². The molecule has 1 aliphatic rings. The van der Waals surface area contributed by atoms with Crippen molar-refractivity contribution < 1.29 is 22.0 Å². The van der Waals surface area contributed by atoms with Crippen LogP contribution < -0.4 is 4.72 Å². The summed E-state index contributed by atoms with van der Waals surface area (Å²) < 4.78 is 52.9. The van der Waals surface area contributed by atoms with E-state index in [9.17, 15) is 22.0 Å². The molecule has 10 heteroatoms. The van der Waals surface area contributed by atoms with Crippen LogP contribution in [0.3, 0.4) is 0 Å². The zero-order valence-corrected chi connectivity index (χ0v) is 17.5. The Morgan fingerprint density at radius 3 is 2.55 bits per heavy atom. The highest BCUT2D eigenvalue weighted by Crippen LogP contribution is 2.35. The van der Waals surface area contributed by atoms with Gasteiger partial charge in [-0.05, 0) is 48.7 Å². The number of nitrogens with one attached hydrogen (secondary N) is 1. The quantitative estimate of drug-likeness (QED) is 0.695. The second-order valence-electron chi connectivity index (χ2n) is 6.64. The van der Waals surface area contributed by atoms with Gasteiger partial charge < -0.3 is 4.90 Å². The van der Waals surface area contributed by atoms with Gasteiger partial charge >= 0.3 is 0 Å². The van der Waals surface area contributed by atoms with E-state index in [1.54, 1.807) is 17.0 Å². The third-order valence-electron chi connectivity index (χ3n) is 4.73. The molecule has 1 amide bonds. The van der Waals surface area contributed by atoms with Crippen molar-refractivity contribution in [3.05, 3.63) is 63.6 Å². The number of sulfonamides is 1. The molecule has 29 heavy (non-hydrogen) atoms. The average molecular weight is 463 g/mol. The zero-order valence-electron chi connectivity index (χ0n) is 15.2. The van der Waals surface area contributed by atoms with Crippen LogP contribution in [0.1, 0.15) is 30.9 Å². The van der Waals surface area contributed by atoms with Gasteiger partial charge in [0.15, 0.2) is 11.6 Å². The molecule has 0 radical (unpaired) electrons. The maximum atomic E-state index is 13.3. The maximum absolute atomic E-state index is 13.3. The number of rotatable bonds is 6. The van der Waals surface area contributed by atoms with E-state index in [1.165, 1.54) is 0 Å². The van der Waals surface area contributed by atoms with Crippen LogP contribution in [0.25, 0.3) is 0 Å². The number of amides is 1. The molecule has 1 fully saturated rings. The van der Waals surface area contributed by atoms with Crippen LogP contribution in [0.5, 0.6) is 0 Å². The third kappa shape index (κ3) is 5.06. The van der Waals surface area contributed by atoms with Crippen LogP contribution in [0.4, 0.5) is 8.78 Å². The Bertz CT molecular complexity index is 1030. The topological polar surface area (TPSA) is 66.5 Å². The van der Waals surface area contributed by atoms with Crippen LogP contribution in [-0.4, -0.2) is 32.3 Å². The van der Waals surface area contributed by atoms with E-state index >= 15 is 0 Å². The summed E-state index contributed by atoms with van der Waals surface area (Å²) in [4.78, 5) is 13.9. The van der Waals surface area contributed by atoms with Crippen LogP contribution in [0.15, 0.2) is 41.3 Å². The highest BCUT2D eigenvalue weighted by molar-refractivity contribution is 7.89. The van der Waals surface area contributed by atoms with Crippen LogP contribution in [0.2, 0.25) is 10.0 Å². The van der Waals surface area contributed by atoms with Gasteiger partial charge in [0.1, 0.15) is 0 Å². The molecule has 0 bridgehead atoms. The monoisotopic (exact) mass is 462 g/mol. The number of benzene rings is 2. The normalized spacial score (nSPS) is 17.0. The minimum absolute atomic E-state index is 0.0687. The number of carbonyl (C=O) groups is 1. The molecule has 1 N–H and O–H groups in total. The summed E-state index contributed by atoms with van der Waals surface area (Å²) in [7, 11) is -4.05. The highest BCUT2D eigenvalue weighted by Gasteiger charge is 2.30. The molecule has 1 atom stereocenters. The van der Waals surface area contributed by atoms with E-state index in [2.05, 4.69) is 4.72 Å². The molecule has 1 unspecified atom stereocenters. The standard InChI is InChI=1S/C19H18Cl2F2N2O3S/c20-14-5-3-12(10-15(14)21)18-2-1-9-25(18)19(26)7-8-24-29(27,28)13-4-6-16(22)17(23)11-13/h3-6,10-11,18,24H,1-2,7-9H2. The second kappa shape index (κ2) is 8.95. The molecule has 0 spiro atoms. The Labute approximate surface area is 177 Å². The SMILES string of the molecule is O=C(CCNS(=O)(=O)c1ccc(F)c(F)c1)N1CCCC1c1ccc(Cl)c(Cl)c1. The second-order valence-corrected chi connectivity index (χ2v) is 9.22. The number of halogens is 4. The fraction of sp³-hybridized carbons (Fsp3) is 0.316. The fourth-order valence-corrected chi connectivity index (χ4v) is 4.64. The average Bonchev–Trinajstić information content (AvgIpc) is 3.16. The van der Waals surface area contributed by atoms with Gasteiger partial charge in [0, 0.05) is 19.5 Å². The largest absolute Gasteiger partial charge is 0.336 e. The smallest absolute Gasteiger partial charge is 0.240 e. The van der Waals surface area contributed by atoms with E-state index in [4.69, 9.17) is 23.2 Å².